The molecule has 0 radical (unpaired) electrons. The molecular formula is C10H17N3O. The molecule has 0 aliphatic carbocycles. The molecule has 1 rings (SSSR count). The van der Waals surface area contributed by atoms with E-state index in [4.69, 9.17) is 0 Å². The van der Waals surface area contributed by atoms with Crippen molar-refractivity contribution >= 4 is 5.82 Å². The molecule has 0 aromatic carbocycles. The minimum atomic E-state index is -0.108. The quantitative estimate of drug-likeness (QED) is 0.752. The second-order valence-corrected chi connectivity index (χ2v) is 4.31. The topological polar surface area (TPSA) is 57.8 Å². The Morgan fingerprint density at radius 2 is 2.14 bits per heavy atom. The van der Waals surface area contributed by atoms with E-state index in [2.05, 4.69) is 15.3 Å². The van der Waals surface area contributed by atoms with Gasteiger partial charge in [0.25, 0.3) is 5.56 Å². The Bertz CT molecular complexity index is 362. The van der Waals surface area contributed by atoms with Crippen molar-refractivity contribution in [3.63, 3.8) is 0 Å². The third-order valence-corrected chi connectivity index (χ3v) is 1.63. The summed E-state index contributed by atoms with van der Waals surface area (Å²) >= 11 is 0. The lowest BCUT2D eigenvalue weighted by Gasteiger charge is -2.21. The van der Waals surface area contributed by atoms with Crippen LogP contribution in [0.5, 0.6) is 0 Å². The summed E-state index contributed by atoms with van der Waals surface area (Å²) in [4.78, 5) is 18.2. The summed E-state index contributed by atoms with van der Waals surface area (Å²) < 4.78 is 0. The van der Waals surface area contributed by atoms with Crippen LogP contribution < -0.4 is 10.9 Å². The molecule has 0 fully saturated rings. The third-order valence-electron chi connectivity index (χ3n) is 1.63. The van der Waals surface area contributed by atoms with Gasteiger partial charge in [-0.25, -0.2) is 4.98 Å². The van der Waals surface area contributed by atoms with Gasteiger partial charge in [0, 0.05) is 18.0 Å². The Hall–Kier alpha value is -1.32. The van der Waals surface area contributed by atoms with Crippen LogP contribution in [0.1, 0.15) is 33.5 Å². The van der Waals surface area contributed by atoms with Gasteiger partial charge in [-0.2, -0.15) is 0 Å². The van der Waals surface area contributed by atoms with Crippen molar-refractivity contribution in [2.24, 2.45) is 0 Å². The molecule has 4 heteroatoms. The zero-order chi connectivity index (χ0) is 10.8. The van der Waals surface area contributed by atoms with Crippen LogP contribution in [-0.4, -0.2) is 15.5 Å². The first-order chi connectivity index (χ1) is 6.40. The van der Waals surface area contributed by atoms with Gasteiger partial charge in [-0.3, -0.25) is 4.79 Å². The Morgan fingerprint density at radius 3 is 2.64 bits per heavy atom. The fraction of sp³-hybridized carbons (Fsp3) is 0.600. The van der Waals surface area contributed by atoms with E-state index in [-0.39, 0.29) is 11.1 Å². The lowest BCUT2D eigenvalue weighted by molar-refractivity contribution is 0.628. The van der Waals surface area contributed by atoms with E-state index in [1.54, 1.807) is 0 Å². The van der Waals surface area contributed by atoms with Crippen LogP contribution in [0.4, 0.5) is 5.82 Å². The van der Waals surface area contributed by atoms with E-state index in [9.17, 15) is 4.79 Å². The normalized spacial score (nSPS) is 11.4. The van der Waals surface area contributed by atoms with Crippen molar-refractivity contribution in [2.75, 3.05) is 5.32 Å². The Morgan fingerprint density at radius 1 is 1.50 bits per heavy atom. The lowest BCUT2D eigenvalue weighted by Crippen LogP contribution is -2.28. The number of rotatable bonds is 2. The standard InChI is InChI=1S/C10H17N3O/c1-5-7-11-8(6-9(14)12-7)13-10(2,3)4/h6H,5H2,1-4H3,(H2,11,12,13,14). The largest absolute Gasteiger partial charge is 0.365 e. The van der Waals surface area contributed by atoms with Crippen LogP contribution >= 0.6 is 0 Å². The molecule has 2 N–H and O–H groups in total. The van der Waals surface area contributed by atoms with Gasteiger partial charge in [-0.15, -0.1) is 0 Å². The van der Waals surface area contributed by atoms with Gasteiger partial charge in [0.15, 0.2) is 0 Å². The molecule has 4 nitrogen and oxygen atoms in total. The van der Waals surface area contributed by atoms with Crippen LogP contribution in [-0.2, 0) is 6.42 Å². The Kier molecular flexibility index (Phi) is 2.93. The van der Waals surface area contributed by atoms with E-state index >= 15 is 0 Å². The van der Waals surface area contributed by atoms with E-state index in [0.717, 1.165) is 6.42 Å². The molecule has 0 atom stereocenters. The van der Waals surface area contributed by atoms with Crippen LogP contribution in [0.15, 0.2) is 10.9 Å². The molecule has 0 unspecified atom stereocenters. The first kappa shape index (κ1) is 10.8. The molecule has 1 heterocycles. The molecule has 78 valence electrons. The highest BCUT2D eigenvalue weighted by Crippen LogP contribution is 2.09. The van der Waals surface area contributed by atoms with E-state index < -0.39 is 0 Å². The minimum absolute atomic E-state index is 0.0776. The number of H-pyrrole nitrogens is 1. The smallest absolute Gasteiger partial charge is 0.252 e. The monoisotopic (exact) mass is 195 g/mol. The number of nitrogens with one attached hydrogen (secondary N) is 2. The van der Waals surface area contributed by atoms with Crippen molar-refractivity contribution in [3.8, 4) is 0 Å². The molecule has 1 aromatic heterocycles. The molecule has 0 saturated carbocycles. The molecule has 14 heavy (non-hydrogen) atoms. The lowest BCUT2D eigenvalue weighted by atomic mass is 10.1. The average Bonchev–Trinajstić information content (AvgIpc) is 1.99. The summed E-state index contributed by atoms with van der Waals surface area (Å²) in [6, 6.07) is 1.48. The van der Waals surface area contributed by atoms with Crippen LogP contribution in [0.25, 0.3) is 0 Å². The predicted molar refractivity (Wildman–Crippen MR) is 57.6 cm³/mol. The highest BCUT2D eigenvalue weighted by molar-refractivity contribution is 5.35. The zero-order valence-corrected chi connectivity index (χ0v) is 9.14. The SMILES string of the molecule is CCc1nc(NC(C)(C)C)cc(=O)[nH]1. The molecule has 0 aliphatic heterocycles. The fourth-order valence-electron chi connectivity index (χ4n) is 1.12. The summed E-state index contributed by atoms with van der Waals surface area (Å²) in [5, 5.41) is 3.17. The van der Waals surface area contributed by atoms with Crippen molar-refractivity contribution < 1.29 is 0 Å². The van der Waals surface area contributed by atoms with Crippen molar-refractivity contribution in [3.05, 3.63) is 22.2 Å². The number of aromatic nitrogens is 2. The minimum Gasteiger partial charge on any atom is -0.365 e. The molecule has 0 bridgehead atoms. The predicted octanol–water partition coefficient (Wildman–Crippen LogP) is 1.54. The fourth-order valence-corrected chi connectivity index (χ4v) is 1.12. The molecular weight excluding hydrogens is 178 g/mol. The van der Waals surface area contributed by atoms with Crippen LogP contribution in [0.3, 0.4) is 0 Å². The van der Waals surface area contributed by atoms with Crippen molar-refractivity contribution in [1.82, 2.24) is 9.97 Å². The van der Waals surface area contributed by atoms with Crippen molar-refractivity contribution in [2.45, 2.75) is 39.7 Å². The summed E-state index contributed by atoms with van der Waals surface area (Å²) in [5.74, 6) is 1.35. The maximum absolute atomic E-state index is 11.2. The van der Waals surface area contributed by atoms with Crippen LogP contribution in [0, 0.1) is 0 Å². The third kappa shape index (κ3) is 3.20. The van der Waals surface area contributed by atoms with E-state index in [1.807, 2.05) is 27.7 Å². The molecule has 0 amide bonds. The molecule has 0 saturated heterocycles. The highest BCUT2D eigenvalue weighted by atomic mass is 16.1. The average molecular weight is 195 g/mol. The number of aryl methyl sites for hydroxylation is 1. The second-order valence-electron chi connectivity index (χ2n) is 4.31. The van der Waals surface area contributed by atoms with Gasteiger partial charge >= 0.3 is 0 Å². The van der Waals surface area contributed by atoms with Gasteiger partial charge in [-0.05, 0) is 20.8 Å². The number of anilines is 1. The Labute approximate surface area is 83.8 Å². The summed E-state index contributed by atoms with van der Waals surface area (Å²) in [5.41, 5.74) is -0.185. The number of aromatic amines is 1. The van der Waals surface area contributed by atoms with E-state index in [1.165, 1.54) is 6.07 Å². The molecule has 0 spiro atoms. The maximum Gasteiger partial charge on any atom is 0.252 e. The van der Waals surface area contributed by atoms with Crippen LogP contribution in [0.2, 0.25) is 0 Å². The van der Waals surface area contributed by atoms with E-state index in [0.29, 0.717) is 11.6 Å². The molecule has 1 aromatic rings. The van der Waals surface area contributed by atoms with Gasteiger partial charge in [-0.1, -0.05) is 6.92 Å². The summed E-state index contributed by atoms with van der Waals surface area (Å²) in [6.07, 6.45) is 0.731. The van der Waals surface area contributed by atoms with Gasteiger partial charge in [0.05, 0.1) is 0 Å². The highest BCUT2D eigenvalue weighted by Gasteiger charge is 2.10. The number of nitrogens with zero attached hydrogens (tertiary/aromatic N) is 1. The molecule has 0 aliphatic rings. The Balaban J connectivity index is 2.98. The zero-order valence-electron chi connectivity index (χ0n) is 9.14. The number of hydrogen-bond acceptors (Lipinski definition) is 3. The second kappa shape index (κ2) is 3.82. The maximum atomic E-state index is 11.2. The van der Waals surface area contributed by atoms with Gasteiger partial charge in [0.2, 0.25) is 0 Å². The van der Waals surface area contributed by atoms with Gasteiger partial charge in [0.1, 0.15) is 11.6 Å². The number of hydrogen-bond donors (Lipinski definition) is 2. The summed E-state index contributed by atoms with van der Waals surface area (Å²) in [7, 11) is 0. The first-order valence-corrected chi connectivity index (χ1v) is 4.79. The summed E-state index contributed by atoms with van der Waals surface area (Å²) in [6.45, 7) is 8.05. The van der Waals surface area contributed by atoms with Crippen molar-refractivity contribution in [1.29, 1.82) is 0 Å². The first-order valence-electron chi connectivity index (χ1n) is 4.79. The van der Waals surface area contributed by atoms with Gasteiger partial charge < -0.3 is 10.3 Å².